The number of phosphoric acid groups is 2. The first-order chi connectivity index (χ1) is 11.9. The molecule has 2 heterocycles. The van der Waals surface area contributed by atoms with Crippen LogP contribution in [0.25, 0.3) is 0 Å². The van der Waals surface area contributed by atoms with Crippen molar-refractivity contribution in [1.29, 1.82) is 0 Å². The molecule has 2 rings (SSSR count). The molecule has 0 bridgehead atoms. The van der Waals surface area contributed by atoms with Crippen molar-refractivity contribution in [2.24, 2.45) is 11.7 Å². The molecule has 0 aliphatic carbocycles. The SMILES string of the molecule is NC(=O)[C@H]1C=CCN([C@@H]2O[C@H](COP(=O)(O)OP(=O)(O)O)[C@@H](O)[C@H]2O)C1. The minimum atomic E-state index is -5.28. The van der Waals surface area contributed by atoms with Gasteiger partial charge in [0.2, 0.25) is 5.91 Å². The van der Waals surface area contributed by atoms with Gasteiger partial charge in [-0.1, -0.05) is 12.2 Å². The Hall–Kier alpha value is -0.690. The first kappa shape index (κ1) is 21.6. The van der Waals surface area contributed by atoms with E-state index in [0.717, 1.165) is 0 Å². The minimum absolute atomic E-state index is 0.133. The molecule has 0 aromatic heterocycles. The molecule has 1 saturated heterocycles. The Labute approximate surface area is 147 Å². The van der Waals surface area contributed by atoms with Crippen LogP contribution < -0.4 is 5.73 Å². The average Bonchev–Trinajstić information content (AvgIpc) is 2.79. The number of ether oxygens (including phenoxy) is 1. The molecule has 2 aliphatic rings. The number of aliphatic hydroxyl groups excluding tert-OH is 2. The maximum Gasteiger partial charge on any atom is 0.481 e. The van der Waals surface area contributed by atoms with Gasteiger partial charge in [0.1, 0.15) is 24.5 Å². The molecule has 0 radical (unpaired) electrons. The molecule has 6 atom stereocenters. The van der Waals surface area contributed by atoms with Gasteiger partial charge >= 0.3 is 15.6 Å². The third-order valence-corrected chi connectivity index (χ3v) is 5.97. The largest absolute Gasteiger partial charge is 0.481 e. The summed E-state index contributed by atoms with van der Waals surface area (Å²) in [4.78, 5) is 39.1. The van der Waals surface area contributed by atoms with Crippen molar-refractivity contribution in [3.8, 4) is 0 Å². The molecule has 2 aliphatic heterocycles. The highest BCUT2D eigenvalue weighted by molar-refractivity contribution is 7.60. The van der Waals surface area contributed by atoms with E-state index in [9.17, 15) is 29.0 Å². The summed E-state index contributed by atoms with van der Waals surface area (Å²) >= 11 is 0. The molecular weight excluding hydrogens is 398 g/mol. The van der Waals surface area contributed by atoms with E-state index in [-0.39, 0.29) is 6.54 Å². The van der Waals surface area contributed by atoms with Crippen LogP contribution in [0.4, 0.5) is 0 Å². The highest BCUT2D eigenvalue weighted by Gasteiger charge is 2.47. The number of carbonyl (C=O) groups is 1. The van der Waals surface area contributed by atoms with Gasteiger partial charge in [0.15, 0.2) is 0 Å². The second-order valence-corrected chi connectivity index (χ2v) is 8.60. The monoisotopic (exact) mass is 418 g/mol. The fourth-order valence-electron chi connectivity index (χ4n) is 2.64. The lowest BCUT2D eigenvalue weighted by molar-refractivity contribution is -0.125. The first-order valence-electron chi connectivity index (χ1n) is 7.35. The fourth-order valence-corrected chi connectivity index (χ4v) is 4.23. The topological polar surface area (TPSA) is 209 Å². The summed E-state index contributed by atoms with van der Waals surface area (Å²) < 4.78 is 35.4. The second kappa shape index (κ2) is 8.13. The van der Waals surface area contributed by atoms with Crippen molar-refractivity contribution in [2.75, 3.05) is 19.7 Å². The van der Waals surface area contributed by atoms with Crippen LogP contribution >= 0.6 is 15.6 Å². The van der Waals surface area contributed by atoms with Gasteiger partial charge in [-0.15, -0.1) is 0 Å². The van der Waals surface area contributed by atoms with Crippen molar-refractivity contribution in [1.82, 2.24) is 4.90 Å². The summed E-state index contributed by atoms with van der Waals surface area (Å²) in [5.74, 6) is -1.18. The molecule has 0 aromatic carbocycles. The number of carbonyl (C=O) groups excluding carboxylic acids is 1. The summed E-state index contributed by atoms with van der Waals surface area (Å²) in [5.41, 5.74) is 5.24. The Morgan fingerprint density at radius 3 is 2.50 bits per heavy atom. The van der Waals surface area contributed by atoms with Gasteiger partial charge in [-0.05, 0) is 0 Å². The molecule has 1 fully saturated rings. The van der Waals surface area contributed by atoms with E-state index in [0.29, 0.717) is 6.54 Å². The Balaban J connectivity index is 1.97. The molecule has 26 heavy (non-hydrogen) atoms. The van der Waals surface area contributed by atoms with Crippen LogP contribution in [0.1, 0.15) is 0 Å². The maximum absolute atomic E-state index is 11.4. The summed E-state index contributed by atoms with van der Waals surface area (Å²) in [6, 6.07) is 0. The van der Waals surface area contributed by atoms with Crippen LogP contribution in [0.5, 0.6) is 0 Å². The number of amides is 1. The molecule has 0 spiro atoms. The van der Waals surface area contributed by atoms with Gasteiger partial charge < -0.3 is 35.4 Å². The molecule has 0 saturated carbocycles. The third-order valence-electron chi connectivity index (χ3n) is 3.81. The molecule has 15 heteroatoms. The lowest BCUT2D eigenvalue weighted by Gasteiger charge is -2.33. The number of nitrogens with two attached hydrogens (primary N) is 1. The Bertz CT molecular complexity index is 652. The minimum Gasteiger partial charge on any atom is -0.387 e. The molecule has 13 nitrogen and oxygen atoms in total. The van der Waals surface area contributed by atoms with Gasteiger partial charge in [0, 0.05) is 13.1 Å². The summed E-state index contributed by atoms with van der Waals surface area (Å²) in [5, 5.41) is 20.1. The summed E-state index contributed by atoms with van der Waals surface area (Å²) in [7, 11) is -10.4. The van der Waals surface area contributed by atoms with E-state index in [1.54, 1.807) is 12.2 Å². The Morgan fingerprint density at radius 2 is 1.92 bits per heavy atom. The Kier molecular flexibility index (Phi) is 6.76. The van der Waals surface area contributed by atoms with Gasteiger partial charge in [-0.25, -0.2) is 9.13 Å². The van der Waals surface area contributed by atoms with Crippen LogP contribution in [0.15, 0.2) is 12.2 Å². The predicted molar refractivity (Wildman–Crippen MR) is 83.0 cm³/mol. The van der Waals surface area contributed by atoms with Crippen molar-refractivity contribution >= 4 is 21.6 Å². The average molecular weight is 418 g/mol. The van der Waals surface area contributed by atoms with E-state index < -0.39 is 58.6 Å². The quantitative estimate of drug-likeness (QED) is 0.189. The molecule has 1 amide bonds. The van der Waals surface area contributed by atoms with Crippen molar-refractivity contribution in [3.05, 3.63) is 12.2 Å². The van der Waals surface area contributed by atoms with Crippen molar-refractivity contribution < 1.29 is 52.4 Å². The zero-order valence-corrected chi connectivity index (χ0v) is 15.1. The van der Waals surface area contributed by atoms with Gasteiger partial charge in [0.25, 0.3) is 0 Å². The van der Waals surface area contributed by atoms with Crippen molar-refractivity contribution in [2.45, 2.75) is 24.5 Å². The third kappa shape index (κ3) is 5.65. The van der Waals surface area contributed by atoms with Gasteiger partial charge in [-0.3, -0.25) is 14.2 Å². The first-order valence-corrected chi connectivity index (χ1v) is 10.4. The number of nitrogens with zero attached hydrogens (tertiary/aromatic N) is 1. The van der Waals surface area contributed by atoms with Gasteiger partial charge in [0.05, 0.1) is 12.5 Å². The molecule has 150 valence electrons. The number of rotatable bonds is 7. The number of hydrogen-bond acceptors (Lipinski definition) is 9. The van der Waals surface area contributed by atoms with Crippen molar-refractivity contribution in [3.63, 3.8) is 0 Å². The summed E-state index contributed by atoms with van der Waals surface area (Å²) in [6.45, 7) is -0.356. The number of primary amides is 1. The van der Waals surface area contributed by atoms with Crippen LogP contribution in [0.2, 0.25) is 0 Å². The van der Waals surface area contributed by atoms with Gasteiger partial charge in [-0.2, -0.15) is 4.31 Å². The fraction of sp³-hybridized carbons (Fsp3) is 0.727. The zero-order valence-electron chi connectivity index (χ0n) is 13.3. The standard InChI is InChI=1S/C11H20N2O11P2/c12-10(16)6-2-1-3-13(4-6)11-9(15)8(14)7(23-11)5-22-26(20,21)24-25(17,18)19/h1-2,6-9,11,14-15H,3-5H2,(H2,12,16)(H,20,21)(H2,17,18,19)/t6-,7+,8+,9+,11+/m0/s1. The van der Waals surface area contributed by atoms with E-state index >= 15 is 0 Å². The predicted octanol–water partition coefficient (Wildman–Crippen LogP) is -2.37. The van der Waals surface area contributed by atoms with Crippen LogP contribution in [-0.4, -0.2) is 79.9 Å². The lowest BCUT2D eigenvalue weighted by Crippen LogP contribution is -2.49. The number of hydrogen-bond donors (Lipinski definition) is 6. The highest BCUT2D eigenvalue weighted by atomic mass is 31.3. The number of phosphoric ester groups is 1. The van der Waals surface area contributed by atoms with E-state index in [2.05, 4.69) is 8.83 Å². The van der Waals surface area contributed by atoms with E-state index in [1.807, 2.05) is 0 Å². The van der Waals surface area contributed by atoms with E-state index in [4.69, 9.17) is 20.3 Å². The lowest BCUT2D eigenvalue weighted by atomic mass is 10.0. The van der Waals surface area contributed by atoms with Crippen LogP contribution in [-0.2, 0) is 27.5 Å². The zero-order chi connectivity index (χ0) is 19.7. The smallest absolute Gasteiger partial charge is 0.387 e. The second-order valence-electron chi connectivity index (χ2n) is 5.77. The maximum atomic E-state index is 11.4. The summed E-state index contributed by atoms with van der Waals surface area (Å²) in [6.07, 6.45) is -2.03. The molecule has 1 unspecified atom stereocenters. The highest BCUT2D eigenvalue weighted by Crippen LogP contribution is 2.57. The normalized spacial score (nSPS) is 35.3. The molecular formula is C11H20N2O11P2. The molecule has 7 N–H and O–H groups in total. The van der Waals surface area contributed by atoms with E-state index in [1.165, 1.54) is 4.90 Å². The van der Waals surface area contributed by atoms with Crippen LogP contribution in [0, 0.1) is 5.92 Å². The Morgan fingerprint density at radius 1 is 1.27 bits per heavy atom. The molecule has 0 aromatic rings. The number of aliphatic hydroxyl groups is 2. The van der Waals surface area contributed by atoms with Crippen LogP contribution in [0.3, 0.4) is 0 Å².